The molecule has 36 heavy (non-hydrogen) atoms. The van der Waals surface area contributed by atoms with Gasteiger partial charge in [-0.25, -0.2) is 0 Å². The van der Waals surface area contributed by atoms with E-state index in [-0.39, 0.29) is 30.0 Å². The van der Waals surface area contributed by atoms with Crippen molar-refractivity contribution >= 4 is 29.3 Å². The molecule has 0 fully saturated rings. The Balaban J connectivity index is 1.63. The molecule has 0 radical (unpaired) electrons. The Kier molecular flexibility index (Phi) is 9.30. The number of ether oxygens (including phenoxy) is 1. The van der Waals surface area contributed by atoms with E-state index in [2.05, 4.69) is 27.4 Å². The molecule has 0 aliphatic carbocycles. The van der Waals surface area contributed by atoms with E-state index < -0.39 is 0 Å². The fourth-order valence-electron chi connectivity index (χ4n) is 4.00. The molecular weight excluding hydrogens is 474 g/mol. The van der Waals surface area contributed by atoms with E-state index in [1.165, 1.54) is 11.8 Å². The number of nitrogens with one attached hydrogen (secondary N) is 2. The lowest BCUT2D eigenvalue weighted by Crippen LogP contribution is -2.30. The Hall–Kier alpha value is -3.59. The fourth-order valence-corrected chi connectivity index (χ4v) is 4.75. The van der Waals surface area contributed by atoms with Gasteiger partial charge in [-0.2, -0.15) is 0 Å². The van der Waals surface area contributed by atoms with Crippen molar-refractivity contribution in [3.05, 3.63) is 77.1 Å². The summed E-state index contributed by atoms with van der Waals surface area (Å²) < 4.78 is 7.03. The van der Waals surface area contributed by atoms with Gasteiger partial charge in [0, 0.05) is 12.2 Å². The number of anilines is 1. The molecule has 2 N–H and O–H groups in total. The standard InChI is InChI=1S/C27H33N5O3S/c1-7-12-32-26(20(5)28-23(33)15-21-8-10-22(35-6)11-9-21)30-31-27(32)36-16-24(34)29-25-18(3)13-17(2)14-19(25)4/h7-11,13-14,20H,1,12,15-16H2,2-6H3,(H,28,33)(H,29,34). The highest BCUT2D eigenvalue weighted by Gasteiger charge is 2.20. The second-order valence-electron chi connectivity index (χ2n) is 8.66. The average Bonchev–Trinajstić information content (AvgIpc) is 3.23. The summed E-state index contributed by atoms with van der Waals surface area (Å²) in [6.45, 7) is 12.2. The molecule has 2 aromatic carbocycles. The monoisotopic (exact) mass is 507 g/mol. The maximum Gasteiger partial charge on any atom is 0.234 e. The molecule has 1 heterocycles. The largest absolute Gasteiger partial charge is 0.497 e. The molecule has 1 unspecified atom stereocenters. The van der Waals surface area contributed by atoms with E-state index in [0.717, 1.165) is 33.7 Å². The summed E-state index contributed by atoms with van der Waals surface area (Å²) in [5.74, 6) is 1.28. The molecule has 0 aliphatic rings. The number of benzene rings is 2. The third kappa shape index (κ3) is 6.97. The van der Waals surface area contributed by atoms with E-state index in [0.29, 0.717) is 17.5 Å². The molecular formula is C27H33N5O3S. The third-order valence-corrected chi connectivity index (χ3v) is 6.59. The van der Waals surface area contributed by atoms with Crippen molar-refractivity contribution in [3.8, 4) is 5.75 Å². The Bertz CT molecular complexity index is 1210. The first kappa shape index (κ1) is 27.0. The molecule has 1 atom stereocenters. The molecule has 8 nitrogen and oxygen atoms in total. The number of nitrogens with zero attached hydrogens (tertiary/aromatic N) is 3. The summed E-state index contributed by atoms with van der Waals surface area (Å²) in [5, 5.41) is 15.2. The lowest BCUT2D eigenvalue weighted by atomic mass is 10.1. The first-order valence-electron chi connectivity index (χ1n) is 11.7. The van der Waals surface area contributed by atoms with Crippen LogP contribution in [0.25, 0.3) is 0 Å². The summed E-state index contributed by atoms with van der Waals surface area (Å²) in [6, 6.07) is 11.1. The number of hydrogen-bond donors (Lipinski definition) is 2. The van der Waals surface area contributed by atoms with Gasteiger partial charge in [0.1, 0.15) is 5.75 Å². The number of aryl methyl sites for hydroxylation is 3. The van der Waals surface area contributed by atoms with Crippen LogP contribution in [0.1, 0.15) is 41.0 Å². The number of allylic oxidation sites excluding steroid dienone is 1. The minimum Gasteiger partial charge on any atom is -0.497 e. The highest BCUT2D eigenvalue weighted by atomic mass is 32.2. The summed E-state index contributed by atoms with van der Waals surface area (Å²) in [4.78, 5) is 25.3. The van der Waals surface area contributed by atoms with Gasteiger partial charge in [-0.05, 0) is 56.5 Å². The zero-order chi connectivity index (χ0) is 26.2. The second-order valence-corrected chi connectivity index (χ2v) is 9.61. The highest BCUT2D eigenvalue weighted by Crippen LogP contribution is 2.24. The van der Waals surface area contributed by atoms with E-state index in [1.807, 2.05) is 68.7 Å². The highest BCUT2D eigenvalue weighted by molar-refractivity contribution is 7.99. The van der Waals surface area contributed by atoms with Gasteiger partial charge in [0.15, 0.2) is 11.0 Å². The van der Waals surface area contributed by atoms with Crippen LogP contribution < -0.4 is 15.4 Å². The number of rotatable bonds is 11. The Morgan fingerprint density at radius 2 is 1.78 bits per heavy atom. The van der Waals surface area contributed by atoms with Gasteiger partial charge in [-0.15, -0.1) is 16.8 Å². The minimum absolute atomic E-state index is 0.120. The molecule has 0 bridgehead atoms. The number of amides is 2. The first-order valence-corrected chi connectivity index (χ1v) is 12.7. The van der Waals surface area contributed by atoms with Crippen molar-refractivity contribution in [1.82, 2.24) is 20.1 Å². The quantitative estimate of drug-likeness (QED) is 0.292. The van der Waals surface area contributed by atoms with Gasteiger partial charge >= 0.3 is 0 Å². The maximum atomic E-state index is 12.7. The van der Waals surface area contributed by atoms with Crippen LogP contribution in [0.4, 0.5) is 5.69 Å². The molecule has 0 saturated heterocycles. The van der Waals surface area contributed by atoms with Gasteiger partial charge in [-0.1, -0.05) is 47.7 Å². The van der Waals surface area contributed by atoms with Crippen LogP contribution in [0.2, 0.25) is 0 Å². The molecule has 0 aliphatic heterocycles. The number of carbonyl (C=O) groups is 2. The molecule has 0 spiro atoms. The molecule has 2 amide bonds. The van der Waals surface area contributed by atoms with Crippen LogP contribution >= 0.6 is 11.8 Å². The maximum absolute atomic E-state index is 12.7. The van der Waals surface area contributed by atoms with Crippen LogP contribution in [0, 0.1) is 20.8 Å². The zero-order valence-electron chi connectivity index (χ0n) is 21.4. The topological polar surface area (TPSA) is 98.1 Å². The van der Waals surface area contributed by atoms with Crippen LogP contribution in [0.5, 0.6) is 5.75 Å². The summed E-state index contributed by atoms with van der Waals surface area (Å²) in [7, 11) is 1.60. The predicted molar refractivity (Wildman–Crippen MR) is 143 cm³/mol. The average molecular weight is 508 g/mol. The molecule has 3 rings (SSSR count). The van der Waals surface area contributed by atoms with Crippen molar-refractivity contribution in [3.63, 3.8) is 0 Å². The van der Waals surface area contributed by atoms with Gasteiger partial charge in [0.05, 0.1) is 25.3 Å². The van der Waals surface area contributed by atoms with Crippen LogP contribution in [0.15, 0.2) is 54.2 Å². The number of methoxy groups -OCH3 is 1. The molecule has 1 aromatic heterocycles. The van der Waals surface area contributed by atoms with Gasteiger partial charge in [0.25, 0.3) is 0 Å². The second kappa shape index (κ2) is 12.4. The van der Waals surface area contributed by atoms with Crippen LogP contribution in [-0.4, -0.2) is 39.4 Å². The van der Waals surface area contributed by atoms with Gasteiger partial charge < -0.3 is 19.9 Å². The molecule has 0 saturated carbocycles. The van der Waals surface area contributed by atoms with Crippen LogP contribution in [0.3, 0.4) is 0 Å². The van der Waals surface area contributed by atoms with Crippen molar-refractivity contribution in [2.24, 2.45) is 0 Å². The summed E-state index contributed by atoms with van der Waals surface area (Å²) in [5.41, 5.74) is 4.94. The zero-order valence-corrected chi connectivity index (χ0v) is 22.2. The van der Waals surface area contributed by atoms with E-state index in [9.17, 15) is 9.59 Å². The fraction of sp³-hybridized carbons (Fsp3) is 0.333. The van der Waals surface area contributed by atoms with Crippen molar-refractivity contribution in [1.29, 1.82) is 0 Å². The molecule has 9 heteroatoms. The lowest BCUT2D eigenvalue weighted by molar-refractivity contribution is -0.121. The number of carbonyl (C=O) groups excluding carboxylic acids is 2. The lowest BCUT2D eigenvalue weighted by Gasteiger charge is -2.15. The smallest absolute Gasteiger partial charge is 0.234 e. The van der Waals surface area contributed by atoms with Gasteiger partial charge in [-0.3, -0.25) is 9.59 Å². The van der Waals surface area contributed by atoms with E-state index >= 15 is 0 Å². The van der Waals surface area contributed by atoms with Gasteiger partial charge in [0.2, 0.25) is 11.8 Å². The minimum atomic E-state index is -0.371. The normalized spacial score (nSPS) is 11.6. The van der Waals surface area contributed by atoms with Crippen molar-refractivity contribution in [2.75, 3.05) is 18.2 Å². The summed E-state index contributed by atoms with van der Waals surface area (Å²) in [6.07, 6.45) is 1.98. The van der Waals surface area contributed by atoms with E-state index in [4.69, 9.17) is 4.74 Å². The predicted octanol–water partition coefficient (Wildman–Crippen LogP) is 4.55. The number of aromatic nitrogens is 3. The SMILES string of the molecule is C=CCn1c(SCC(=O)Nc2c(C)cc(C)cc2C)nnc1C(C)NC(=O)Cc1ccc(OC)cc1. The molecule has 3 aromatic rings. The Labute approximate surface area is 216 Å². The van der Waals surface area contributed by atoms with Crippen molar-refractivity contribution in [2.45, 2.75) is 51.9 Å². The number of thioether (sulfide) groups is 1. The first-order chi connectivity index (χ1) is 17.2. The third-order valence-electron chi connectivity index (χ3n) is 5.62. The Morgan fingerprint density at radius 3 is 2.39 bits per heavy atom. The van der Waals surface area contributed by atoms with E-state index in [1.54, 1.807) is 13.2 Å². The Morgan fingerprint density at radius 1 is 1.11 bits per heavy atom. The summed E-state index contributed by atoms with van der Waals surface area (Å²) >= 11 is 1.30. The van der Waals surface area contributed by atoms with Crippen LogP contribution in [-0.2, 0) is 22.6 Å². The van der Waals surface area contributed by atoms with Crippen molar-refractivity contribution < 1.29 is 14.3 Å². The number of hydrogen-bond acceptors (Lipinski definition) is 6. The molecule has 190 valence electrons.